The molecule has 2 N–H and O–H groups in total. The molecule has 5 nitrogen and oxygen atoms in total. The normalized spacial score (nSPS) is 22.4. The van der Waals surface area contributed by atoms with E-state index in [1.807, 2.05) is 23.4 Å². The number of fused-ring (bicyclic) bond motifs is 4. The van der Waals surface area contributed by atoms with E-state index >= 15 is 0 Å². The molecular formula is C14H12N4O. The Balaban J connectivity index is 1.75. The Labute approximate surface area is 110 Å². The Bertz CT molecular complexity index is 663. The first kappa shape index (κ1) is 10.3. The average molecular weight is 252 g/mol. The van der Waals surface area contributed by atoms with E-state index in [-0.39, 0.29) is 0 Å². The van der Waals surface area contributed by atoms with Crippen LogP contribution in [0.15, 0.2) is 72.0 Å². The summed E-state index contributed by atoms with van der Waals surface area (Å²) in [6, 6.07) is 0. The van der Waals surface area contributed by atoms with Gasteiger partial charge in [-0.15, -0.1) is 0 Å². The van der Waals surface area contributed by atoms with Crippen LogP contribution in [-0.2, 0) is 4.79 Å². The van der Waals surface area contributed by atoms with Gasteiger partial charge >= 0.3 is 0 Å². The van der Waals surface area contributed by atoms with Crippen LogP contribution in [0, 0.1) is 0 Å². The van der Waals surface area contributed by atoms with Gasteiger partial charge in [-0.3, -0.25) is 4.79 Å². The summed E-state index contributed by atoms with van der Waals surface area (Å²) in [4.78, 5) is 17.4. The standard InChI is InChI=1S/C14H12N4O/c15-14(19)10-3-4-11-7-17-8-12-2-1-5-18(12)13(17)9-16(11)6-10/h1,3-9H,2H2,(H2,15,19). The summed E-state index contributed by atoms with van der Waals surface area (Å²) in [5.74, 6) is 0.644. The molecule has 1 amide bonds. The minimum atomic E-state index is -0.414. The van der Waals surface area contributed by atoms with Crippen LogP contribution in [0.5, 0.6) is 0 Å². The maximum atomic E-state index is 11.2. The van der Waals surface area contributed by atoms with Crippen molar-refractivity contribution in [1.82, 2.24) is 14.7 Å². The lowest BCUT2D eigenvalue weighted by atomic mass is 10.1. The highest BCUT2D eigenvalue weighted by Gasteiger charge is 2.30. The molecule has 0 spiro atoms. The smallest absolute Gasteiger partial charge is 0.250 e. The van der Waals surface area contributed by atoms with Crippen LogP contribution in [0.3, 0.4) is 0 Å². The summed E-state index contributed by atoms with van der Waals surface area (Å²) in [5, 5.41) is 0. The summed E-state index contributed by atoms with van der Waals surface area (Å²) in [7, 11) is 0. The minimum absolute atomic E-state index is 0.414. The summed E-state index contributed by atoms with van der Waals surface area (Å²) < 4.78 is 0. The third kappa shape index (κ3) is 1.38. The van der Waals surface area contributed by atoms with Gasteiger partial charge in [-0.05, 0) is 12.2 Å². The number of nitrogens with zero attached hydrogens (tertiary/aromatic N) is 3. The Morgan fingerprint density at radius 3 is 2.84 bits per heavy atom. The SMILES string of the molecule is NC(=O)C1=CN2C=C3N(C=C2C=C1)C=C1CC=CN13. The average Bonchev–Trinajstić information content (AvgIpc) is 2.96. The van der Waals surface area contributed by atoms with E-state index in [0.717, 1.165) is 17.9 Å². The number of allylic oxidation sites excluding steroid dienone is 2. The zero-order valence-electron chi connectivity index (χ0n) is 10.2. The monoisotopic (exact) mass is 252 g/mol. The lowest BCUT2D eigenvalue weighted by molar-refractivity contribution is -0.114. The van der Waals surface area contributed by atoms with Crippen molar-refractivity contribution in [3.8, 4) is 0 Å². The molecule has 0 aromatic carbocycles. The van der Waals surface area contributed by atoms with Gasteiger partial charge in [0.05, 0.1) is 17.5 Å². The number of nitrogens with two attached hydrogens (primary N) is 1. The van der Waals surface area contributed by atoms with Crippen molar-refractivity contribution < 1.29 is 4.79 Å². The van der Waals surface area contributed by atoms with Gasteiger partial charge in [-0.25, -0.2) is 0 Å². The molecule has 0 saturated carbocycles. The van der Waals surface area contributed by atoms with Gasteiger partial charge in [0.15, 0.2) is 0 Å². The molecule has 0 bridgehead atoms. The molecule has 0 aromatic rings. The first-order chi connectivity index (χ1) is 9.22. The maximum absolute atomic E-state index is 11.2. The fourth-order valence-corrected chi connectivity index (χ4v) is 2.56. The van der Waals surface area contributed by atoms with Crippen LogP contribution < -0.4 is 5.73 Å². The number of carbonyl (C=O) groups is 1. The Morgan fingerprint density at radius 2 is 2.00 bits per heavy atom. The fourth-order valence-electron chi connectivity index (χ4n) is 2.56. The highest BCUT2D eigenvalue weighted by atomic mass is 16.1. The van der Waals surface area contributed by atoms with Crippen molar-refractivity contribution >= 4 is 5.91 Å². The second kappa shape index (κ2) is 3.41. The van der Waals surface area contributed by atoms with E-state index < -0.39 is 5.91 Å². The predicted molar refractivity (Wildman–Crippen MR) is 69.9 cm³/mol. The van der Waals surface area contributed by atoms with Crippen molar-refractivity contribution in [1.29, 1.82) is 0 Å². The van der Waals surface area contributed by atoms with Crippen molar-refractivity contribution in [2.75, 3.05) is 0 Å². The maximum Gasteiger partial charge on any atom is 0.250 e. The van der Waals surface area contributed by atoms with Crippen LogP contribution in [0.1, 0.15) is 6.42 Å². The van der Waals surface area contributed by atoms with Crippen molar-refractivity contribution in [3.63, 3.8) is 0 Å². The quantitative estimate of drug-likeness (QED) is 0.763. The van der Waals surface area contributed by atoms with Gasteiger partial charge in [0.2, 0.25) is 5.91 Å². The molecule has 19 heavy (non-hydrogen) atoms. The van der Waals surface area contributed by atoms with E-state index in [2.05, 4.69) is 28.3 Å². The van der Waals surface area contributed by atoms with Crippen LogP contribution in [0.25, 0.3) is 0 Å². The number of amides is 1. The summed E-state index contributed by atoms with van der Waals surface area (Å²) in [5.41, 5.74) is 8.08. The molecule has 0 unspecified atom stereocenters. The van der Waals surface area contributed by atoms with E-state index in [1.54, 1.807) is 12.3 Å². The Kier molecular flexibility index (Phi) is 1.84. The highest BCUT2D eigenvalue weighted by molar-refractivity contribution is 5.95. The first-order valence-electron chi connectivity index (χ1n) is 6.09. The molecule has 0 aliphatic carbocycles. The number of hydrogen-bond donors (Lipinski definition) is 1. The molecule has 0 aromatic heterocycles. The van der Waals surface area contributed by atoms with Gasteiger partial charge in [0, 0.05) is 36.9 Å². The molecule has 0 radical (unpaired) electrons. The molecule has 0 atom stereocenters. The van der Waals surface area contributed by atoms with E-state index in [9.17, 15) is 4.79 Å². The zero-order valence-corrected chi connectivity index (χ0v) is 10.2. The Hall–Kier alpha value is -2.69. The van der Waals surface area contributed by atoms with Crippen LogP contribution >= 0.6 is 0 Å². The zero-order chi connectivity index (χ0) is 13.0. The van der Waals surface area contributed by atoms with Crippen molar-refractivity contribution in [2.45, 2.75) is 6.42 Å². The number of hydrogen-bond acceptors (Lipinski definition) is 4. The predicted octanol–water partition coefficient (Wildman–Crippen LogP) is 1.26. The summed E-state index contributed by atoms with van der Waals surface area (Å²) in [6.45, 7) is 0. The molecule has 4 rings (SSSR count). The summed E-state index contributed by atoms with van der Waals surface area (Å²) in [6.07, 6.45) is 16.7. The van der Waals surface area contributed by atoms with Gasteiger partial charge in [-0.2, -0.15) is 0 Å². The fraction of sp³-hybridized carbons (Fsp3) is 0.0714. The molecule has 0 saturated heterocycles. The minimum Gasteiger partial charge on any atom is -0.366 e. The van der Waals surface area contributed by atoms with Gasteiger partial charge in [0.25, 0.3) is 0 Å². The van der Waals surface area contributed by atoms with Crippen molar-refractivity contribution in [2.24, 2.45) is 5.73 Å². The molecule has 0 fully saturated rings. The Morgan fingerprint density at radius 1 is 1.11 bits per heavy atom. The third-order valence-corrected chi connectivity index (χ3v) is 3.51. The molecular weight excluding hydrogens is 240 g/mol. The summed E-state index contributed by atoms with van der Waals surface area (Å²) >= 11 is 0. The molecule has 4 aliphatic rings. The van der Waals surface area contributed by atoms with E-state index in [1.165, 1.54) is 5.70 Å². The number of rotatable bonds is 1. The highest BCUT2D eigenvalue weighted by Crippen LogP contribution is 2.37. The first-order valence-corrected chi connectivity index (χ1v) is 6.09. The van der Waals surface area contributed by atoms with Crippen molar-refractivity contribution in [3.05, 3.63) is 72.0 Å². The second-order valence-corrected chi connectivity index (χ2v) is 4.72. The lowest BCUT2D eigenvalue weighted by Gasteiger charge is -2.31. The third-order valence-electron chi connectivity index (χ3n) is 3.51. The van der Waals surface area contributed by atoms with E-state index in [4.69, 9.17) is 5.73 Å². The van der Waals surface area contributed by atoms with Gasteiger partial charge in [0.1, 0.15) is 5.82 Å². The number of primary amides is 1. The molecule has 94 valence electrons. The molecule has 5 heteroatoms. The second-order valence-electron chi connectivity index (χ2n) is 4.72. The molecule has 4 heterocycles. The van der Waals surface area contributed by atoms with Gasteiger partial charge < -0.3 is 20.4 Å². The van der Waals surface area contributed by atoms with Crippen LogP contribution in [-0.4, -0.2) is 20.6 Å². The van der Waals surface area contributed by atoms with E-state index in [0.29, 0.717) is 5.57 Å². The largest absolute Gasteiger partial charge is 0.366 e. The topological polar surface area (TPSA) is 52.8 Å². The number of carbonyl (C=O) groups excluding carboxylic acids is 1. The molecule has 4 aliphatic heterocycles. The van der Waals surface area contributed by atoms with Crippen LogP contribution in [0.2, 0.25) is 0 Å². The van der Waals surface area contributed by atoms with Crippen LogP contribution in [0.4, 0.5) is 0 Å². The van der Waals surface area contributed by atoms with Gasteiger partial charge in [-0.1, -0.05) is 6.08 Å². The lowest BCUT2D eigenvalue weighted by Crippen LogP contribution is -2.28.